The minimum Gasteiger partial charge on any atom is -0.409 e. The standard InChI is InChI=1S/C13H24N4O3/c1-3-11(12(14)16-20)13(19)17-6-4-10(5-7-17)8-15-9(2)18/h10-11,20H,3-8H2,1-2H3,(H2,14,16)(H,15,18). The van der Waals surface area contributed by atoms with Gasteiger partial charge in [0, 0.05) is 26.6 Å². The van der Waals surface area contributed by atoms with E-state index in [1.54, 1.807) is 4.90 Å². The second-order valence-corrected chi connectivity index (χ2v) is 5.19. The summed E-state index contributed by atoms with van der Waals surface area (Å²) in [4.78, 5) is 24.9. The second kappa shape index (κ2) is 7.72. The van der Waals surface area contributed by atoms with Crippen LogP contribution in [0.25, 0.3) is 0 Å². The number of carbonyl (C=O) groups excluding carboxylic acids is 2. The molecule has 0 aromatic carbocycles. The maximum atomic E-state index is 12.3. The van der Waals surface area contributed by atoms with Gasteiger partial charge in [-0.05, 0) is 25.2 Å². The van der Waals surface area contributed by atoms with Crippen LogP contribution in [-0.4, -0.2) is 47.4 Å². The van der Waals surface area contributed by atoms with E-state index in [2.05, 4.69) is 10.5 Å². The summed E-state index contributed by atoms with van der Waals surface area (Å²) < 4.78 is 0. The van der Waals surface area contributed by atoms with Crippen LogP contribution in [0.2, 0.25) is 0 Å². The number of carbonyl (C=O) groups is 2. The van der Waals surface area contributed by atoms with Gasteiger partial charge in [0.25, 0.3) is 0 Å². The fourth-order valence-electron chi connectivity index (χ4n) is 2.45. The van der Waals surface area contributed by atoms with E-state index in [1.807, 2.05) is 6.92 Å². The summed E-state index contributed by atoms with van der Waals surface area (Å²) in [7, 11) is 0. The summed E-state index contributed by atoms with van der Waals surface area (Å²) in [6, 6.07) is 0. The average Bonchev–Trinajstić information content (AvgIpc) is 2.45. The summed E-state index contributed by atoms with van der Waals surface area (Å²) in [5, 5.41) is 14.4. The molecule has 1 aliphatic rings. The molecule has 0 bridgehead atoms. The van der Waals surface area contributed by atoms with Crippen molar-refractivity contribution < 1.29 is 14.8 Å². The lowest BCUT2D eigenvalue weighted by molar-refractivity contribution is -0.135. The number of rotatable bonds is 5. The van der Waals surface area contributed by atoms with E-state index in [1.165, 1.54) is 6.92 Å². The monoisotopic (exact) mass is 284 g/mol. The predicted octanol–water partition coefficient (Wildman–Crippen LogP) is 0.134. The normalized spacial score (nSPS) is 18.7. The average molecular weight is 284 g/mol. The van der Waals surface area contributed by atoms with Gasteiger partial charge in [0.05, 0.1) is 5.92 Å². The Morgan fingerprint density at radius 1 is 1.45 bits per heavy atom. The van der Waals surface area contributed by atoms with Gasteiger partial charge in [0.1, 0.15) is 0 Å². The SMILES string of the molecule is CCC(C(=O)N1CCC(CNC(C)=O)CC1)C(N)=NO. The Hall–Kier alpha value is -1.79. The first-order valence-corrected chi connectivity index (χ1v) is 7.00. The van der Waals surface area contributed by atoms with Crippen LogP contribution in [0, 0.1) is 11.8 Å². The van der Waals surface area contributed by atoms with E-state index in [0.717, 1.165) is 12.8 Å². The van der Waals surface area contributed by atoms with Crippen LogP contribution in [0.1, 0.15) is 33.1 Å². The van der Waals surface area contributed by atoms with Gasteiger partial charge in [-0.2, -0.15) is 0 Å². The summed E-state index contributed by atoms with van der Waals surface area (Å²) in [6.07, 6.45) is 2.23. The molecule has 4 N–H and O–H groups in total. The zero-order valence-electron chi connectivity index (χ0n) is 12.1. The molecule has 0 aromatic heterocycles. The van der Waals surface area contributed by atoms with Gasteiger partial charge in [-0.15, -0.1) is 0 Å². The lowest BCUT2D eigenvalue weighted by Gasteiger charge is -2.33. The van der Waals surface area contributed by atoms with Gasteiger partial charge in [0.2, 0.25) is 11.8 Å². The van der Waals surface area contributed by atoms with Gasteiger partial charge in [-0.25, -0.2) is 0 Å². The van der Waals surface area contributed by atoms with E-state index < -0.39 is 5.92 Å². The topological polar surface area (TPSA) is 108 Å². The third-order valence-corrected chi connectivity index (χ3v) is 3.74. The molecule has 114 valence electrons. The molecule has 1 aliphatic heterocycles. The lowest BCUT2D eigenvalue weighted by Crippen LogP contribution is -2.46. The molecule has 0 spiro atoms. The number of piperidine rings is 1. The maximum absolute atomic E-state index is 12.3. The second-order valence-electron chi connectivity index (χ2n) is 5.19. The Labute approximate surface area is 119 Å². The van der Waals surface area contributed by atoms with Gasteiger partial charge in [-0.1, -0.05) is 12.1 Å². The van der Waals surface area contributed by atoms with Crippen LogP contribution in [0.3, 0.4) is 0 Å². The molecule has 1 saturated heterocycles. The summed E-state index contributed by atoms with van der Waals surface area (Å²) >= 11 is 0. The van der Waals surface area contributed by atoms with E-state index in [0.29, 0.717) is 32.0 Å². The maximum Gasteiger partial charge on any atom is 0.233 e. The number of nitrogens with one attached hydrogen (secondary N) is 1. The Bertz CT molecular complexity index is 376. The summed E-state index contributed by atoms with van der Waals surface area (Å²) in [5.74, 6) is -0.279. The number of oxime groups is 1. The first-order valence-electron chi connectivity index (χ1n) is 7.00. The third-order valence-electron chi connectivity index (χ3n) is 3.74. The van der Waals surface area contributed by atoms with Gasteiger partial charge in [0.15, 0.2) is 5.84 Å². The van der Waals surface area contributed by atoms with Gasteiger partial charge >= 0.3 is 0 Å². The third kappa shape index (κ3) is 4.40. The van der Waals surface area contributed by atoms with E-state index in [4.69, 9.17) is 10.9 Å². The van der Waals surface area contributed by atoms with Crippen LogP contribution in [0.15, 0.2) is 5.16 Å². The minimum absolute atomic E-state index is 0.0264. The Kier molecular flexibility index (Phi) is 6.27. The molecule has 1 heterocycles. The molecule has 1 rings (SSSR count). The van der Waals surface area contributed by atoms with Crippen molar-refractivity contribution in [2.75, 3.05) is 19.6 Å². The smallest absolute Gasteiger partial charge is 0.233 e. The highest BCUT2D eigenvalue weighted by molar-refractivity contribution is 6.02. The minimum atomic E-state index is -0.549. The van der Waals surface area contributed by atoms with Gasteiger partial charge < -0.3 is 21.2 Å². The zero-order chi connectivity index (χ0) is 15.1. The van der Waals surface area contributed by atoms with Crippen molar-refractivity contribution in [1.82, 2.24) is 10.2 Å². The van der Waals surface area contributed by atoms with Crippen molar-refractivity contribution in [2.45, 2.75) is 33.1 Å². The molecule has 1 fully saturated rings. The van der Waals surface area contributed by atoms with Crippen LogP contribution in [0.5, 0.6) is 0 Å². The van der Waals surface area contributed by atoms with Crippen molar-refractivity contribution in [3.63, 3.8) is 0 Å². The van der Waals surface area contributed by atoms with Crippen LogP contribution in [-0.2, 0) is 9.59 Å². The fraction of sp³-hybridized carbons (Fsp3) is 0.769. The largest absolute Gasteiger partial charge is 0.409 e. The molecule has 1 atom stereocenters. The van der Waals surface area contributed by atoms with Crippen molar-refractivity contribution >= 4 is 17.6 Å². The number of hydrogen-bond donors (Lipinski definition) is 3. The van der Waals surface area contributed by atoms with Crippen LogP contribution in [0.4, 0.5) is 0 Å². The molecule has 7 nitrogen and oxygen atoms in total. The number of nitrogens with zero attached hydrogens (tertiary/aromatic N) is 2. The number of hydrogen-bond acceptors (Lipinski definition) is 4. The first-order chi connectivity index (χ1) is 9.49. The molecule has 0 aliphatic carbocycles. The van der Waals surface area contributed by atoms with Gasteiger partial charge in [-0.3, -0.25) is 9.59 Å². The molecule has 1 unspecified atom stereocenters. The molecule has 0 saturated carbocycles. The zero-order valence-corrected chi connectivity index (χ0v) is 12.1. The molecule has 7 heteroatoms. The van der Waals surface area contributed by atoms with E-state index >= 15 is 0 Å². The Morgan fingerprint density at radius 2 is 2.05 bits per heavy atom. The lowest BCUT2D eigenvalue weighted by atomic mass is 9.94. The molecule has 2 amide bonds. The fourth-order valence-corrected chi connectivity index (χ4v) is 2.45. The highest BCUT2D eigenvalue weighted by Gasteiger charge is 2.29. The molecule has 20 heavy (non-hydrogen) atoms. The van der Waals surface area contributed by atoms with Crippen LogP contribution < -0.4 is 11.1 Å². The van der Waals surface area contributed by atoms with Crippen molar-refractivity contribution in [1.29, 1.82) is 0 Å². The number of likely N-dealkylation sites (tertiary alicyclic amines) is 1. The van der Waals surface area contributed by atoms with Crippen molar-refractivity contribution in [3.8, 4) is 0 Å². The number of amidine groups is 1. The molecular formula is C13H24N4O3. The Morgan fingerprint density at radius 3 is 2.50 bits per heavy atom. The van der Waals surface area contributed by atoms with Crippen LogP contribution >= 0.6 is 0 Å². The highest BCUT2D eigenvalue weighted by Crippen LogP contribution is 2.19. The number of nitrogens with two attached hydrogens (primary N) is 1. The highest BCUT2D eigenvalue weighted by atomic mass is 16.4. The first kappa shape index (κ1) is 16.3. The molecule has 0 aromatic rings. The summed E-state index contributed by atoms with van der Waals surface area (Å²) in [5.41, 5.74) is 5.55. The van der Waals surface area contributed by atoms with E-state index in [-0.39, 0.29) is 17.6 Å². The number of amides is 2. The predicted molar refractivity (Wildman–Crippen MR) is 75.2 cm³/mol. The summed E-state index contributed by atoms with van der Waals surface area (Å²) in [6.45, 7) is 5.30. The Balaban J connectivity index is 2.48. The van der Waals surface area contributed by atoms with E-state index in [9.17, 15) is 9.59 Å². The quantitative estimate of drug-likeness (QED) is 0.289. The van der Waals surface area contributed by atoms with Crippen molar-refractivity contribution in [3.05, 3.63) is 0 Å². The van der Waals surface area contributed by atoms with Crippen molar-refractivity contribution in [2.24, 2.45) is 22.7 Å². The molecule has 0 radical (unpaired) electrons. The molecular weight excluding hydrogens is 260 g/mol.